The number of nitrogens with zero attached hydrogens (tertiary/aromatic N) is 3. The summed E-state index contributed by atoms with van der Waals surface area (Å²) in [5.74, 6) is 2.96. The molecule has 4 heterocycles. The van der Waals surface area contributed by atoms with Crippen molar-refractivity contribution in [3.8, 4) is 23.1 Å². The van der Waals surface area contributed by atoms with E-state index in [4.69, 9.17) is 18.4 Å². The SMILES string of the molecule is O=C(CN1CC(c2nc(-c3ccco3)no2)C1)Nc1ccc2c(c1)OCCO2. The molecule has 28 heavy (non-hydrogen) atoms. The number of ether oxygens (including phenoxy) is 2. The third-order valence-corrected chi connectivity index (χ3v) is 4.68. The zero-order chi connectivity index (χ0) is 18.9. The summed E-state index contributed by atoms with van der Waals surface area (Å²) in [7, 11) is 0. The maximum absolute atomic E-state index is 12.3. The van der Waals surface area contributed by atoms with Crippen molar-refractivity contribution in [1.82, 2.24) is 15.0 Å². The number of benzene rings is 1. The number of rotatable bonds is 5. The number of likely N-dealkylation sites (tertiary alicyclic amines) is 1. The van der Waals surface area contributed by atoms with Crippen LogP contribution in [0.1, 0.15) is 11.8 Å². The van der Waals surface area contributed by atoms with Crippen LogP contribution in [-0.4, -0.2) is 53.8 Å². The van der Waals surface area contributed by atoms with Crippen LogP contribution in [0, 0.1) is 0 Å². The average Bonchev–Trinajstić information content (AvgIpc) is 3.36. The normalized spacial score (nSPS) is 16.6. The molecule has 3 aromatic rings. The van der Waals surface area contributed by atoms with Gasteiger partial charge in [0.25, 0.3) is 0 Å². The quantitative estimate of drug-likeness (QED) is 0.716. The molecule has 2 aliphatic heterocycles. The number of fused-ring (bicyclic) bond motifs is 1. The monoisotopic (exact) mass is 382 g/mol. The lowest BCUT2D eigenvalue weighted by molar-refractivity contribution is -0.118. The summed E-state index contributed by atoms with van der Waals surface area (Å²) in [6, 6.07) is 8.94. The van der Waals surface area contributed by atoms with Crippen molar-refractivity contribution in [3.63, 3.8) is 0 Å². The van der Waals surface area contributed by atoms with Crippen molar-refractivity contribution in [1.29, 1.82) is 0 Å². The summed E-state index contributed by atoms with van der Waals surface area (Å²) in [6.07, 6.45) is 1.57. The van der Waals surface area contributed by atoms with E-state index in [0.29, 0.717) is 67.5 Å². The van der Waals surface area contributed by atoms with Gasteiger partial charge < -0.3 is 23.7 Å². The fourth-order valence-corrected chi connectivity index (χ4v) is 3.29. The van der Waals surface area contributed by atoms with Crippen LogP contribution in [-0.2, 0) is 4.79 Å². The second kappa shape index (κ2) is 7.01. The van der Waals surface area contributed by atoms with Gasteiger partial charge in [0.15, 0.2) is 17.3 Å². The minimum Gasteiger partial charge on any atom is -0.486 e. The molecule has 1 saturated heterocycles. The molecule has 0 spiro atoms. The van der Waals surface area contributed by atoms with Gasteiger partial charge in [0.1, 0.15) is 13.2 Å². The van der Waals surface area contributed by atoms with Crippen molar-refractivity contribution < 1.29 is 23.2 Å². The Balaban J connectivity index is 1.13. The number of hydrogen-bond donors (Lipinski definition) is 1. The first-order valence-electron chi connectivity index (χ1n) is 9.04. The van der Waals surface area contributed by atoms with Crippen molar-refractivity contribution >= 4 is 11.6 Å². The predicted molar refractivity (Wildman–Crippen MR) is 97.2 cm³/mol. The first kappa shape index (κ1) is 16.8. The van der Waals surface area contributed by atoms with E-state index in [9.17, 15) is 4.79 Å². The Morgan fingerprint density at radius 3 is 2.86 bits per heavy atom. The number of aromatic nitrogens is 2. The Morgan fingerprint density at radius 2 is 2.04 bits per heavy atom. The molecule has 0 saturated carbocycles. The number of hydrogen-bond acceptors (Lipinski definition) is 8. The largest absolute Gasteiger partial charge is 0.486 e. The van der Waals surface area contributed by atoms with Crippen LogP contribution in [0.3, 0.4) is 0 Å². The van der Waals surface area contributed by atoms with E-state index in [2.05, 4.69) is 15.5 Å². The molecular weight excluding hydrogens is 364 g/mol. The third-order valence-electron chi connectivity index (χ3n) is 4.68. The van der Waals surface area contributed by atoms with E-state index in [1.807, 2.05) is 4.90 Å². The van der Waals surface area contributed by atoms with Gasteiger partial charge in [-0.2, -0.15) is 4.98 Å². The summed E-state index contributed by atoms with van der Waals surface area (Å²) in [6.45, 7) is 2.72. The van der Waals surface area contributed by atoms with Gasteiger partial charge in [0.05, 0.1) is 18.7 Å². The maximum atomic E-state index is 12.3. The van der Waals surface area contributed by atoms with E-state index >= 15 is 0 Å². The Hall–Kier alpha value is -3.33. The molecule has 9 heteroatoms. The first-order chi connectivity index (χ1) is 13.7. The highest BCUT2D eigenvalue weighted by Gasteiger charge is 2.33. The van der Waals surface area contributed by atoms with Crippen molar-refractivity contribution in [2.75, 3.05) is 38.2 Å². The van der Waals surface area contributed by atoms with Crippen LogP contribution < -0.4 is 14.8 Å². The van der Waals surface area contributed by atoms with E-state index in [1.165, 1.54) is 0 Å². The molecule has 0 bridgehead atoms. The van der Waals surface area contributed by atoms with Gasteiger partial charge in [-0.1, -0.05) is 5.16 Å². The molecule has 9 nitrogen and oxygen atoms in total. The fraction of sp³-hybridized carbons (Fsp3) is 0.316. The molecule has 0 aliphatic carbocycles. The molecular formula is C19H18N4O5. The molecule has 0 radical (unpaired) electrons. The minimum absolute atomic E-state index is 0.0862. The van der Waals surface area contributed by atoms with E-state index in [0.717, 1.165) is 0 Å². The summed E-state index contributed by atoms with van der Waals surface area (Å²) < 4.78 is 21.6. The molecule has 0 atom stereocenters. The second-order valence-corrected chi connectivity index (χ2v) is 6.73. The van der Waals surface area contributed by atoms with Crippen LogP contribution in [0.2, 0.25) is 0 Å². The molecule has 144 valence electrons. The van der Waals surface area contributed by atoms with Crippen LogP contribution >= 0.6 is 0 Å². The zero-order valence-electron chi connectivity index (χ0n) is 15.0. The Kier molecular flexibility index (Phi) is 4.21. The van der Waals surface area contributed by atoms with Gasteiger partial charge in [-0.15, -0.1) is 0 Å². The smallest absolute Gasteiger partial charge is 0.238 e. The Bertz CT molecular complexity index is 978. The van der Waals surface area contributed by atoms with Gasteiger partial charge in [0, 0.05) is 24.8 Å². The summed E-state index contributed by atoms with van der Waals surface area (Å²) in [4.78, 5) is 18.7. The zero-order valence-corrected chi connectivity index (χ0v) is 15.0. The molecule has 1 aromatic carbocycles. The van der Waals surface area contributed by atoms with Gasteiger partial charge >= 0.3 is 0 Å². The highest BCUT2D eigenvalue weighted by atomic mass is 16.6. The Labute approximate surface area is 160 Å². The fourth-order valence-electron chi connectivity index (χ4n) is 3.29. The number of furan rings is 1. The number of nitrogens with one attached hydrogen (secondary N) is 1. The second-order valence-electron chi connectivity index (χ2n) is 6.73. The predicted octanol–water partition coefficient (Wildman–Crippen LogP) is 2.14. The van der Waals surface area contributed by atoms with E-state index in [-0.39, 0.29) is 11.8 Å². The van der Waals surface area contributed by atoms with Gasteiger partial charge in [-0.3, -0.25) is 9.69 Å². The van der Waals surface area contributed by atoms with E-state index in [1.54, 1.807) is 36.6 Å². The summed E-state index contributed by atoms with van der Waals surface area (Å²) in [5.41, 5.74) is 0.686. The lowest BCUT2D eigenvalue weighted by Crippen LogP contribution is -2.48. The number of carbonyl (C=O) groups excluding carboxylic acids is 1. The minimum atomic E-state index is -0.0862. The standard InChI is InChI=1S/C19H18N4O5/c24-17(20-13-3-4-14-16(8-13)27-7-6-26-14)11-23-9-12(10-23)19-21-18(22-28-19)15-2-1-5-25-15/h1-5,8,12H,6-7,9-11H2,(H,20,24). The van der Waals surface area contributed by atoms with Gasteiger partial charge in [-0.25, -0.2) is 0 Å². The lowest BCUT2D eigenvalue weighted by atomic mass is 10.0. The third kappa shape index (κ3) is 3.31. The molecule has 2 aliphatic rings. The van der Waals surface area contributed by atoms with Crippen LogP contribution in [0.4, 0.5) is 5.69 Å². The molecule has 1 fully saturated rings. The van der Waals surface area contributed by atoms with Gasteiger partial charge in [0.2, 0.25) is 17.6 Å². The molecule has 5 rings (SSSR count). The number of carbonyl (C=O) groups is 1. The van der Waals surface area contributed by atoms with Crippen molar-refractivity contribution in [2.45, 2.75) is 5.92 Å². The van der Waals surface area contributed by atoms with Crippen LogP contribution in [0.15, 0.2) is 45.5 Å². The summed E-state index contributed by atoms with van der Waals surface area (Å²) >= 11 is 0. The highest BCUT2D eigenvalue weighted by Crippen LogP contribution is 2.33. The maximum Gasteiger partial charge on any atom is 0.238 e. The van der Waals surface area contributed by atoms with Crippen LogP contribution in [0.5, 0.6) is 11.5 Å². The Morgan fingerprint density at radius 1 is 1.18 bits per heavy atom. The highest BCUT2D eigenvalue weighted by molar-refractivity contribution is 5.92. The first-order valence-corrected chi connectivity index (χ1v) is 9.04. The van der Waals surface area contributed by atoms with Crippen molar-refractivity contribution in [2.24, 2.45) is 0 Å². The molecule has 1 N–H and O–H groups in total. The number of amides is 1. The summed E-state index contributed by atoms with van der Waals surface area (Å²) in [5, 5.41) is 6.83. The molecule has 1 amide bonds. The number of anilines is 1. The van der Waals surface area contributed by atoms with E-state index < -0.39 is 0 Å². The average molecular weight is 382 g/mol. The van der Waals surface area contributed by atoms with Crippen molar-refractivity contribution in [3.05, 3.63) is 42.5 Å². The topological polar surface area (TPSA) is 103 Å². The van der Waals surface area contributed by atoms with Gasteiger partial charge in [-0.05, 0) is 24.3 Å². The molecule has 0 unspecified atom stereocenters. The van der Waals surface area contributed by atoms with Crippen LogP contribution in [0.25, 0.3) is 11.6 Å². The molecule has 2 aromatic heterocycles. The lowest BCUT2D eigenvalue weighted by Gasteiger charge is -2.36.